The molecule has 0 radical (unpaired) electrons. The maximum atomic E-state index is 12.4. The van der Waals surface area contributed by atoms with Gasteiger partial charge in [0.25, 0.3) is 5.91 Å². The Labute approximate surface area is 225 Å². The summed E-state index contributed by atoms with van der Waals surface area (Å²) >= 11 is 17.0. The summed E-state index contributed by atoms with van der Waals surface area (Å²) in [4.78, 5) is 24.4. The lowest BCUT2D eigenvalue weighted by Gasteiger charge is -2.12. The first-order chi connectivity index (χ1) is 17.4. The Morgan fingerprint density at radius 3 is 2.33 bits per heavy atom. The highest BCUT2D eigenvalue weighted by atomic mass is 35.5. The van der Waals surface area contributed by atoms with Gasteiger partial charge in [-0.15, -0.1) is 0 Å². The van der Waals surface area contributed by atoms with E-state index in [9.17, 15) is 9.59 Å². The highest BCUT2D eigenvalue weighted by Crippen LogP contribution is 2.27. The first-order valence-electron chi connectivity index (χ1n) is 11.2. The number of halogens is 2. The van der Waals surface area contributed by atoms with Gasteiger partial charge >= 0.3 is 0 Å². The van der Waals surface area contributed by atoms with E-state index in [0.29, 0.717) is 46.7 Å². The highest BCUT2D eigenvalue weighted by Gasteiger charge is 2.09. The van der Waals surface area contributed by atoms with Crippen LogP contribution in [0.5, 0.6) is 11.5 Å². The third kappa shape index (κ3) is 9.37. The van der Waals surface area contributed by atoms with Gasteiger partial charge in [-0.1, -0.05) is 53.5 Å². The normalized spacial score (nSPS) is 10.3. The van der Waals surface area contributed by atoms with Crippen LogP contribution in [-0.4, -0.2) is 30.1 Å². The number of ether oxygens (including phenoxy) is 2. The van der Waals surface area contributed by atoms with Crippen molar-refractivity contribution in [1.29, 1.82) is 0 Å². The predicted octanol–water partition coefficient (Wildman–Crippen LogP) is 5.11. The van der Waals surface area contributed by atoms with Crippen LogP contribution in [0.4, 0.5) is 0 Å². The van der Waals surface area contributed by atoms with Crippen molar-refractivity contribution >= 4 is 52.3 Å². The number of hydrogen-bond acceptors (Lipinski definition) is 5. The van der Waals surface area contributed by atoms with Gasteiger partial charge in [-0.2, -0.15) is 0 Å². The number of hydrogen-bond donors (Lipinski definition) is 3. The molecular formula is C26H25Cl2N3O4S. The molecule has 0 saturated heterocycles. The molecule has 7 nitrogen and oxygen atoms in total. The van der Waals surface area contributed by atoms with Crippen molar-refractivity contribution in [1.82, 2.24) is 16.2 Å². The number of rotatable bonds is 10. The van der Waals surface area contributed by atoms with Gasteiger partial charge < -0.3 is 9.47 Å². The van der Waals surface area contributed by atoms with Crippen molar-refractivity contribution in [2.45, 2.75) is 19.3 Å². The average Bonchev–Trinajstić information content (AvgIpc) is 2.87. The fourth-order valence-corrected chi connectivity index (χ4v) is 3.64. The van der Waals surface area contributed by atoms with E-state index in [1.54, 1.807) is 42.5 Å². The molecule has 0 fully saturated rings. The third-order valence-electron chi connectivity index (χ3n) is 4.86. The molecule has 188 valence electrons. The molecule has 3 aromatic carbocycles. The molecule has 0 unspecified atom stereocenters. The SMILES string of the molecule is O=C(CCCOc1ccc(Cl)cc1Cl)NNC(=S)NC(=O)c1ccc(OCCc2ccccc2)cc1. The molecule has 36 heavy (non-hydrogen) atoms. The van der Waals surface area contributed by atoms with Crippen LogP contribution in [0.25, 0.3) is 0 Å². The zero-order valence-electron chi connectivity index (χ0n) is 19.3. The minimum Gasteiger partial charge on any atom is -0.493 e. The Hall–Kier alpha value is -3.33. The van der Waals surface area contributed by atoms with Gasteiger partial charge in [-0.3, -0.25) is 25.8 Å². The molecule has 3 rings (SSSR count). The van der Waals surface area contributed by atoms with Crippen LogP contribution in [0.3, 0.4) is 0 Å². The number of thiocarbonyl (C=S) groups is 1. The predicted molar refractivity (Wildman–Crippen MR) is 145 cm³/mol. The lowest BCUT2D eigenvalue weighted by Crippen LogP contribution is -2.48. The fraction of sp³-hybridized carbons (Fsp3) is 0.192. The first-order valence-corrected chi connectivity index (χ1v) is 12.3. The number of hydrazine groups is 1. The van der Waals surface area contributed by atoms with Crippen molar-refractivity contribution in [3.8, 4) is 11.5 Å². The molecule has 0 aliphatic heterocycles. The van der Waals surface area contributed by atoms with Crippen molar-refractivity contribution < 1.29 is 19.1 Å². The standard InChI is InChI=1S/C26H25Cl2N3O4S/c27-20-10-13-23(22(28)17-20)35-15-4-7-24(32)30-31-26(36)29-25(33)19-8-11-21(12-9-19)34-16-14-18-5-2-1-3-6-18/h1-3,5-6,8-13,17H,4,7,14-16H2,(H,30,32)(H2,29,31,33,36). The van der Waals surface area contributed by atoms with Gasteiger partial charge in [0, 0.05) is 23.4 Å². The molecule has 2 amide bonds. The van der Waals surface area contributed by atoms with E-state index in [1.807, 2.05) is 30.3 Å². The van der Waals surface area contributed by atoms with Gasteiger partial charge in [-0.25, -0.2) is 0 Å². The Morgan fingerprint density at radius 1 is 0.861 bits per heavy atom. The molecule has 3 N–H and O–H groups in total. The number of nitrogens with one attached hydrogen (secondary N) is 3. The summed E-state index contributed by atoms with van der Waals surface area (Å²) in [5.41, 5.74) is 6.54. The minimum absolute atomic E-state index is 0.0271. The van der Waals surface area contributed by atoms with Crippen molar-refractivity contribution in [2.24, 2.45) is 0 Å². The number of carbonyl (C=O) groups is 2. The largest absolute Gasteiger partial charge is 0.493 e. The van der Waals surface area contributed by atoms with Crippen LogP contribution in [0, 0.1) is 0 Å². The maximum absolute atomic E-state index is 12.4. The van der Waals surface area contributed by atoms with Gasteiger partial charge in [0.1, 0.15) is 11.5 Å². The summed E-state index contributed by atoms with van der Waals surface area (Å²) in [7, 11) is 0. The van der Waals surface area contributed by atoms with Crippen LogP contribution < -0.4 is 25.6 Å². The van der Waals surface area contributed by atoms with E-state index >= 15 is 0 Å². The lowest BCUT2D eigenvalue weighted by molar-refractivity contribution is -0.121. The van der Waals surface area contributed by atoms with E-state index in [-0.39, 0.29) is 17.4 Å². The summed E-state index contributed by atoms with van der Waals surface area (Å²) in [6.07, 6.45) is 1.42. The summed E-state index contributed by atoms with van der Waals surface area (Å²) in [5.74, 6) is 0.438. The van der Waals surface area contributed by atoms with E-state index in [0.717, 1.165) is 6.42 Å². The second kappa shape index (κ2) is 14.3. The topological polar surface area (TPSA) is 88.7 Å². The van der Waals surface area contributed by atoms with Crippen molar-refractivity contribution in [3.63, 3.8) is 0 Å². The van der Waals surface area contributed by atoms with E-state index in [4.69, 9.17) is 44.9 Å². The Morgan fingerprint density at radius 2 is 1.61 bits per heavy atom. The second-order valence-corrected chi connectivity index (χ2v) is 8.84. The number of carbonyl (C=O) groups excluding carboxylic acids is 2. The van der Waals surface area contributed by atoms with Gasteiger partial charge in [0.05, 0.1) is 18.2 Å². The van der Waals surface area contributed by atoms with Gasteiger partial charge in [-0.05, 0) is 66.7 Å². The van der Waals surface area contributed by atoms with E-state index in [1.165, 1.54) is 5.56 Å². The molecule has 3 aromatic rings. The molecule has 0 heterocycles. The molecule has 0 saturated carbocycles. The Kier molecular flexibility index (Phi) is 10.8. The number of benzene rings is 3. The zero-order chi connectivity index (χ0) is 25.8. The van der Waals surface area contributed by atoms with Crippen LogP contribution in [0.2, 0.25) is 10.0 Å². The van der Waals surface area contributed by atoms with Crippen LogP contribution in [0.15, 0.2) is 72.8 Å². The van der Waals surface area contributed by atoms with Crippen molar-refractivity contribution in [3.05, 3.63) is 94.0 Å². The molecule has 0 aromatic heterocycles. The third-order valence-corrected chi connectivity index (χ3v) is 5.60. The molecule has 0 atom stereocenters. The molecular weight excluding hydrogens is 521 g/mol. The molecule has 0 spiro atoms. The van der Waals surface area contributed by atoms with Crippen molar-refractivity contribution in [2.75, 3.05) is 13.2 Å². The quantitative estimate of drug-likeness (QED) is 0.186. The summed E-state index contributed by atoms with van der Waals surface area (Å²) in [5, 5.41) is 3.40. The zero-order valence-corrected chi connectivity index (χ0v) is 21.6. The summed E-state index contributed by atoms with van der Waals surface area (Å²) < 4.78 is 11.3. The van der Waals surface area contributed by atoms with Gasteiger partial charge in [0.2, 0.25) is 5.91 Å². The second-order valence-electron chi connectivity index (χ2n) is 7.59. The van der Waals surface area contributed by atoms with Gasteiger partial charge in [0.15, 0.2) is 5.11 Å². The monoisotopic (exact) mass is 545 g/mol. The minimum atomic E-state index is -0.411. The average molecular weight is 546 g/mol. The fourth-order valence-electron chi connectivity index (χ4n) is 3.04. The lowest BCUT2D eigenvalue weighted by atomic mass is 10.2. The summed E-state index contributed by atoms with van der Waals surface area (Å²) in [6.45, 7) is 0.826. The molecule has 0 aliphatic carbocycles. The maximum Gasteiger partial charge on any atom is 0.257 e. The molecule has 0 aliphatic rings. The Bertz CT molecular complexity index is 1180. The van der Waals surface area contributed by atoms with E-state index < -0.39 is 5.91 Å². The van der Waals surface area contributed by atoms with Crippen LogP contribution >= 0.6 is 35.4 Å². The Balaban J connectivity index is 1.31. The van der Waals surface area contributed by atoms with E-state index in [2.05, 4.69) is 16.2 Å². The summed E-state index contributed by atoms with van der Waals surface area (Å²) in [6, 6.07) is 21.7. The van der Waals surface area contributed by atoms with Crippen LogP contribution in [0.1, 0.15) is 28.8 Å². The molecule has 10 heteroatoms. The highest BCUT2D eigenvalue weighted by molar-refractivity contribution is 7.80. The van der Waals surface area contributed by atoms with Crippen LogP contribution in [-0.2, 0) is 11.2 Å². The molecule has 0 bridgehead atoms. The smallest absolute Gasteiger partial charge is 0.257 e. The first kappa shape index (κ1) is 27.3. The number of amides is 2.